The lowest BCUT2D eigenvalue weighted by molar-refractivity contribution is 0.344. The van der Waals surface area contributed by atoms with Crippen molar-refractivity contribution in [1.82, 2.24) is 15.1 Å². The van der Waals surface area contributed by atoms with Crippen LogP contribution in [0.15, 0.2) is 6.20 Å². The van der Waals surface area contributed by atoms with Gasteiger partial charge in [0.05, 0.1) is 11.9 Å². The molecular weight excluding hydrogens is 178 g/mol. The normalized spacial score (nSPS) is 13.2. The van der Waals surface area contributed by atoms with Crippen molar-refractivity contribution in [3.05, 3.63) is 11.9 Å². The van der Waals surface area contributed by atoms with Crippen LogP contribution in [0.5, 0.6) is 0 Å². The molecule has 0 atom stereocenters. The molecule has 0 saturated heterocycles. The second-order valence-corrected chi connectivity index (χ2v) is 5.13. The van der Waals surface area contributed by atoms with E-state index in [1.165, 1.54) is 4.79 Å². The first-order valence-corrected chi connectivity index (χ1v) is 4.67. The van der Waals surface area contributed by atoms with E-state index in [0.29, 0.717) is 0 Å². The van der Waals surface area contributed by atoms with Crippen LogP contribution >= 0.6 is 0 Å². The van der Waals surface area contributed by atoms with Gasteiger partial charge in [-0.15, -0.1) is 5.10 Å². The highest BCUT2D eigenvalue weighted by atomic mass is 15.6. The molecule has 0 aromatic carbocycles. The maximum atomic E-state index is 5.98. The summed E-state index contributed by atoms with van der Waals surface area (Å²) in [6, 6.07) is 0. The zero-order chi connectivity index (χ0) is 11.0. The fourth-order valence-electron chi connectivity index (χ4n) is 1.82. The number of hydrogen-bond donors (Lipinski definition) is 2. The number of nitrogens with two attached hydrogens (primary N) is 2. The quantitative estimate of drug-likeness (QED) is 0.687. The van der Waals surface area contributed by atoms with E-state index in [2.05, 4.69) is 24.2 Å². The van der Waals surface area contributed by atoms with E-state index in [-0.39, 0.29) is 11.0 Å². The molecule has 0 unspecified atom stereocenters. The van der Waals surface area contributed by atoms with E-state index >= 15 is 0 Å². The van der Waals surface area contributed by atoms with Gasteiger partial charge in [-0.2, -0.15) is 4.79 Å². The molecule has 0 spiro atoms. The molecule has 0 radical (unpaired) electrons. The summed E-state index contributed by atoms with van der Waals surface area (Å²) in [5, 5.41) is 7.72. The molecule has 14 heavy (non-hydrogen) atoms. The Morgan fingerprint density at radius 1 is 1.36 bits per heavy atom. The molecule has 0 aliphatic rings. The molecule has 0 bridgehead atoms. The van der Waals surface area contributed by atoms with Crippen molar-refractivity contribution in [2.45, 2.75) is 45.1 Å². The van der Waals surface area contributed by atoms with Crippen LogP contribution in [0.1, 0.15) is 39.8 Å². The molecule has 1 heterocycles. The third-order valence-corrected chi connectivity index (χ3v) is 2.10. The number of nitrogen functional groups attached to an aromatic ring is 1. The van der Waals surface area contributed by atoms with Gasteiger partial charge in [0, 0.05) is 11.0 Å². The lowest BCUT2D eigenvalue weighted by Crippen LogP contribution is -2.39. The van der Waals surface area contributed by atoms with E-state index in [4.69, 9.17) is 11.6 Å². The molecule has 4 N–H and O–H groups in total. The van der Waals surface area contributed by atoms with Crippen molar-refractivity contribution in [2.75, 3.05) is 5.84 Å². The highest BCUT2D eigenvalue weighted by Crippen LogP contribution is 2.29. The Labute approximate surface area is 84.4 Å². The van der Waals surface area contributed by atoms with Crippen molar-refractivity contribution in [3.8, 4) is 0 Å². The molecule has 0 amide bonds. The predicted molar refractivity (Wildman–Crippen MR) is 56.1 cm³/mol. The van der Waals surface area contributed by atoms with Crippen molar-refractivity contribution in [1.29, 1.82) is 0 Å². The molecule has 0 saturated carbocycles. The molecule has 1 aromatic heterocycles. The zero-order valence-electron chi connectivity index (χ0n) is 9.28. The summed E-state index contributed by atoms with van der Waals surface area (Å²) in [7, 11) is 0. The van der Waals surface area contributed by atoms with Gasteiger partial charge in [-0.1, -0.05) is 13.8 Å². The van der Waals surface area contributed by atoms with Gasteiger partial charge in [-0.3, -0.25) is 0 Å². The minimum absolute atomic E-state index is 0.101. The molecule has 5 heteroatoms. The number of hydrogen-bond acceptors (Lipinski definition) is 4. The monoisotopic (exact) mass is 197 g/mol. The van der Waals surface area contributed by atoms with Gasteiger partial charge in [0.1, 0.15) is 0 Å². The van der Waals surface area contributed by atoms with E-state index in [1.54, 1.807) is 6.20 Å². The fraction of sp³-hybridized carbons (Fsp3) is 0.778. The van der Waals surface area contributed by atoms with E-state index in [9.17, 15) is 0 Å². The molecular formula is C9H19N5. The molecule has 0 aliphatic heterocycles. The standard InChI is InChI=1S/C9H19N5/c1-8(2,6-9(3,4)10)7-5-14(11)13-12-7/h5H,6,10-11H2,1-4H3. The zero-order valence-corrected chi connectivity index (χ0v) is 9.28. The second kappa shape index (κ2) is 3.24. The molecule has 1 aromatic rings. The Bertz CT molecular complexity index is 307. The summed E-state index contributed by atoms with van der Waals surface area (Å²) in [5.41, 5.74) is 6.53. The Morgan fingerprint density at radius 3 is 2.29 bits per heavy atom. The van der Waals surface area contributed by atoms with Crippen molar-refractivity contribution in [2.24, 2.45) is 5.73 Å². The Morgan fingerprint density at radius 2 is 1.93 bits per heavy atom. The summed E-state index contributed by atoms with van der Waals surface area (Å²) >= 11 is 0. The predicted octanol–water partition coefficient (Wildman–Crippen LogP) is 0.397. The topological polar surface area (TPSA) is 82.8 Å². The van der Waals surface area contributed by atoms with Crippen LogP contribution in [0.2, 0.25) is 0 Å². The van der Waals surface area contributed by atoms with Crippen molar-refractivity contribution < 1.29 is 0 Å². The summed E-state index contributed by atoms with van der Waals surface area (Å²) < 4.78 is 0. The first-order valence-electron chi connectivity index (χ1n) is 4.67. The average Bonchev–Trinajstić information content (AvgIpc) is 2.29. The molecule has 0 fully saturated rings. The minimum Gasteiger partial charge on any atom is -0.326 e. The fourth-order valence-corrected chi connectivity index (χ4v) is 1.82. The molecule has 80 valence electrons. The first-order chi connectivity index (χ1) is 6.21. The average molecular weight is 197 g/mol. The Kier molecular flexibility index (Phi) is 2.54. The van der Waals surface area contributed by atoms with Crippen LogP contribution in [-0.2, 0) is 5.41 Å². The van der Waals surface area contributed by atoms with Gasteiger partial charge < -0.3 is 11.6 Å². The summed E-state index contributed by atoms with van der Waals surface area (Å²) in [4.78, 5) is 1.22. The van der Waals surface area contributed by atoms with Crippen molar-refractivity contribution in [3.63, 3.8) is 0 Å². The smallest absolute Gasteiger partial charge is 0.0906 e. The summed E-state index contributed by atoms with van der Waals surface area (Å²) in [6.45, 7) is 8.18. The van der Waals surface area contributed by atoms with Crippen molar-refractivity contribution >= 4 is 0 Å². The van der Waals surface area contributed by atoms with Crippen LogP contribution in [-0.4, -0.2) is 20.6 Å². The van der Waals surface area contributed by atoms with Crippen LogP contribution < -0.4 is 11.6 Å². The van der Waals surface area contributed by atoms with Crippen LogP contribution in [0.4, 0.5) is 0 Å². The Balaban J connectivity index is 2.85. The Hall–Kier alpha value is -1.10. The lowest BCUT2D eigenvalue weighted by Gasteiger charge is -2.30. The summed E-state index contributed by atoms with van der Waals surface area (Å²) in [5.74, 6) is 5.45. The summed E-state index contributed by atoms with van der Waals surface area (Å²) in [6.07, 6.45) is 2.56. The maximum absolute atomic E-state index is 5.98. The van der Waals surface area contributed by atoms with Gasteiger partial charge in [-0.05, 0) is 25.5 Å². The molecule has 1 rings (SSSR count). The SMILES string of the molecule is CC(C)(N)CC(C)(C)c1cn(N)nn1. The molecule has 5 nitrogen and oxygen atoms in total. The number of nitrogens with zero attached hydrogens (tertiary/aromatic N) is 3. The van der Waals surface area contributed by atoms with Gasteiger partial charge in [0.2, 0.25) is 0 Å². The van der Waals surface area contributed by atoms with Crippen LogP contribution in [0, 0.1) is 0 Å². The van der Waals surface area contributed by atoms with Gasteiger partial charge in [0.25, 0.3) is 0 Å². The van der Waals surface area contributed by atoms with E-state index in [0.717, 1.165) is 12.1 Å². The third-order valence-electron chi connectivity index (χ3n) is 2.10. The van der Waals surface area contributed by atoms with Gasteiger partial charge >= 0.3 is 0 Å². The van der Waals surface area contributed by atoms with Crippen LogP contribution in [0.3, 0.4) is 0 Å². The van der Waals surface area contributed by atoms with Crippen LogP contribution in [0.25, 0.3) is 0 Å². The lowest BCUT2D eigenvalue weighted by atomic mass is 9.78. The highest BCUT2D eigenvalue weighted by molar-refractivity contribution is 5.10. The third kappa shape index (κ3) is 2.70. The largest absolute Gasteiger partial charge is 0.326 e. The van der Waals surface area contributed by atoms with E-state index in [1.807, 2.05) is 13.8 Å². The molecule has 0 aliphatic carbocycles. The maximum Gasteiger partial charge on any atom is 0.0906 e. The number of rotatable bonds is 3. The number of aromatic nitrogens is 3. The van der Waals surface area contributed by atoms with E-state index < -0.39 is 0 Å². The van der Waals surface area contributed by atoms with Gasteiger partial charge in [0.15, 0.2) is 0 Å². The highest BCUT2D eigenvalue weighted by Gasteiger charge is 2.30. The first kappa shape index (κ1) is 11.0. The second-order valence-electron chi connectivity index (χ2n) is 5.13. The van der Waals surface area contributed by atoms with Gasteiger partial charge in [-0.25, -0.2) is 0 Å². The minimum atomic E-state index is -0.220.